The predicted octanol–water partition coefficient (Wildman–Crippen LogP) is 0.500. The lowest BCUT2D eigenvalue weighted by atomic mass is 9.88. The molecule has 1 aliphatic heterocycles. The molecule has 3 heterocycles. The van der Waals surface area contributed by atoms with Crippen molar-refractivity contribution in [2.75, 3.05) is 13.1 Å². The Labute approximate surface area is 137 Å². The molecule has 124 valence electrons. The van der Waals surface area contributed by atoms with E-state index in [4.69, 9.17) is 0 Å². The maximum atomic E-state index is 12.2. The zero-order valence-corrected chi connectivity index (χ0v) is 14.0. The molecule has 2 aromatic heterocycles. The van der Waals surface area contributed by atoms with Gasteiger partial charge in [0.1, 0.15) is 5.01 Å². The van der Waals surface area contributed by atoms with Crippen molar-refractivity contribution in [1.29, 1.82) is 0 Å². The average molecular weight is 336 g/mol. The molecule has 8 heteroatoms. The van der Waals surface area contributed by atoms with Crippen LogP contribution >= 0.6 is 11.3 Å². The van der Waals surface area contributed by atoms with Gasteiger partial charge < -0.3 is 5.11 Å². The summed E-state index contributed by atoms with van der Waals surface area (Å²) < 4.78 is 1.45. The number of hydrogen-bond acceptors (Lipinski definition) is 6. The fourth-order valence-electron chi connectivity index (χ4n) is 2.95. The minimum Gasteiger partial charge on any atom is -0.388 e. The Kier molecular flexibility index (Phi) is 4.22. The summed E-state index contributed by atoms with van der Waals surface area (Å²) in [5, 5.41) is 13.7. The maximum Gasteiger partial charge on any atom is 0.328 e. The minimum atomic E-state index is -1.01. The number of aromatic nitrogens is 3. The molecule has 0 aliphatic carbocycles. The molecule has 1 fully saturated rings. The van der Waals surface area contributed by atoms with Gasteiger partial charge in [0.25, 0.3) is 5.56 Å². The van der Waals surface area contributed by atoms with Crippen LogP contribution in [-0.4, -0.2) is 43.2 Å². The molecule has 0 spiro atoms. The molecule has 0 radical (unpaired) electrons. The van der Waals surface area contributed by atoms with Crippen LogP contribution in [0.1, 0.15) is 30.0 Å². The van der Waals surface area contributed by atoms with Crippen LogP contribution in [-0.2, 0) is 6.54 Å². The van der Waals surface area contributed by atoms with Gasteiger partial charge in [0.2, 0.25) is 0 Å². The number of aliphatic hydroxyl groups is 1. The van der Waals surface area contributed by atoms with Gasteiger partial charge in [0.05, 0.1) is 18.2 Å². The second kappa shape index (κ2) is 6.03. The third-order valence-electron chi connectivity index (χ3n) is 4.41. The summed E-state index contributed by atoms with van der Waals surface area (Å²) in [6.07, 6.45) is 3.86. The lowest BCUT2D eigenvalue weighted by molar-refractivity contribution is -0.0543. The molecule has 0 unspecified atom stereocenters. The van der Waals surface area contributed by atoms with Crippen molar-refractivity contribution in [2.24, 2.45) is 0 Å². The Hall–Kier alpha value is -1.77. The first-order valence-electron chi connectivity index (χ1n) is 7.52. The SMILES string of the molecule is Cc1cn([C@@H]2CN(Cc3nccs3)CC[C@@]2(C)O)c(=O)[nH]c1=O. The first-order valence-corrected chi connectivity index (χ1v) is 8.40. The number of hydrogen-bond donors (Lipinski definition) is 2. The van der Waals surface area contributed by atoms with E-state index in [1.165, 1.54) is 10.8 Å². The van der Waals surface area contributed by atoms with Crippen molar-refractivity contribution in [3.05, 3.63) is 49.2 Å². The van der Waals surface area contributed by atoms with Crippen molar-refractivity contribution in [2.45, 2.75) is 38.5 Å². The van der Waals surface area contributed by atoms with E-state index in [0.29, 0.717) is 25.1 Å². The van der Waals surface area contributed by atoms with Gasteiger partial charge in [0, 0.05) is 36.4 Å². The molecule has 0 bridgehead atoms. The number of thiazole rings is 1. The molecule has 1 saturated heterocycles. The molecule has 2 aromatic rings. The number of rotatable bonds is 3. The fraction of sp³-hybridized carbons (Fsp3) is 0.533. The first-order chi connectivity index (χ1) is 10.9. The van der Waals surface area contributed by atoms with Gasteiger partial charge in [-0.05, 0) is 20.3 Å². The zero-order chi connectivity index (χ0) is 16.6. The van der Waals surface area contributed by atoms with Gasteiger partial charge in [0.15, 0.2) is 0 Å². The van der Waals surface area contributed by atoms with Crippen LogP contribution in [0.25, 0.3) is 0 Å². The van der Waals surface area contributed by atoms with E-state index in [1.807, 2.05) is 5.38 Å². The second-order valence-electron chi connectivity index (χ2n) is 6.26. The standard InChI is InChI=1S/C15H20N4O3S/c1-10-7-19(14(21)17-13(10)20)11-8-18(5-3-15(11,2)22)9-12-16-4-6-23-12/h4,6-7,11,22H,3,5,8-9H2,1-2H3,(H,17,20,21)/t11-,15-/m1/s1. The molecule has 3 rings (SSSR count). The normalized spacial score (nSPS) is 25.6. The monoisotopic (exact) mass is 336 g/mol. The van der Waals surface area contributed by atoms with Crippen LogP contribution in [0.4, 0.5) is 0 Å². The van der Waals surface area contributed by atoms with Gasteiger partial charge in [-0.1, -0.05) is 0 Å². The van der Waals surface area contributed by atoms with E-state index in [2.05, 4.69) is 14.9 Å². The number of nitrogens with one attached hydrogen (secondary N) is 1. The van der Waals surface area contributed by atoms with Crippen molar-refractivity contribution in [3.63, 3.8) is 0 Å². The number of nitrogens with zero attached hydrogens (tertiary/aromatic N) is 3. The van der Waals surface area contributed by atoms with Crippen LogP contribution in [0, 0.1) is 6.92 Å². The molecule has 23 heavy (non-hydrogen) atoms. The third-order valence-corrected chi connectivity index (χ3v) is 5.17. The van der Waals surface area contributed by atoms with Crippen molar-refractivity contribution >= 4 is 11.3 Å². The van der Waals surface area contributed by atoms with E-state index in [0.717, 1.165) is 11.6 Å². The van der Waals surface area contributed by atoms with Crippen LogP contribution in [0.5, 0.6) is 0 Å². The zero-order valence-electron chi connectivity index (χ0n) is 13.2. The van der Waals surface area contributed by atoms with Crippen molar-refractivity contribution in [1.82, 2.24) is 19.4 Å². The molecular weight excluding hydrogens is 316 g/mol. The van der Waals surface area contributed by atoms with E-state index in [-0.39, 0.29) is 5.56 Å². The molecular formula is C15H20N4O3S. The summed E-state index contributed by atoms with van der Waals surface area (Å²) in [6, 6.07) is -0.417. The predicted molar refractivity (Wildman–Crippen MR) is 87.7 cm³/mol. The minimum absolute atomic E-state index is 0.388. The molecule has 0 saturated carbocycles. The lowest BCUT2D eigenvalue weighted by Crippen LogP contribution is -2.53. The van der Waals surface area contributed by atoms with Crippen LogP contribution < -0.4 is 11.2 Å². The summed E-state index contributed by atoms with van der Waals surface area (Å²) in [5.74, 6) is 0. The molecule has 2 N–H and O–H groups in total. The number of H-pyrrole nitrogens is 1. The molecule has 0 amide bonds. The molecule has 0 aromatic carbocycles. The summed E-state index contributed by atoms with van der Waals surface area (Å²) in [7, 11) is 0. The number of aromatic amines is 1. The van der Waals surface area contributed by atoms with Gasteiger partial charge in [-0.15, -0.1) is 11.3 Å². The Morgan fingerprint density at radius 1 is 1.52 bits per heavy atom. The molecule has 7 nitrogen and oxygen atoms in total. The smallest absolute Gasteiger partial charge is 0.328 e. The Balaban J connectivity index is 1.90. The van der Waals surface area contributed by atoms with Crippen LogP contribution in [0.3, 0.4) is 0 Å². The van der Waals surface area contributed by atoms with Crippen LogP contribution in [0.2, 0.25) is 0 Å². The van der Waals surface area contributed by atoms with Gasteiger partial charge in [-0.25, -0.2) is 9.78 Å². The van der Waals surface area contributed by atoms with Crippen molar-refractivity contribution in [3.8, 4) is 0 Å². The Bertz CT molecular complexity index is 794. The average Bonchev–Trinajstić information content (AvgIpc) is 2.98. The summed E-state index contributed by atoms with van der Waals surface area (Å²) >= 11 is 1.59. The highest BCUT2D eigenvalue weighted by molar-refractivity contribution is 7.09. The number of likely N-dealkylation sites (tertiary alicyclic amines) is 1. The van der Waals surface area contributed by atoms with E-state index < -0.39 is 17.3 Å². The summed E-state index contributed by atoms with van der Waals surface area (Å²) in [5.41, 5.74) is -1.42. The van der Waals surface area contributed by atoms with Gasteiger partial charge >= 0.3 is 5.69 Å². The van der Waals surface area contributed by atoms with Gasteiger partial charge in [-0.2, -0.15) is 0 Å². The largest absolute Gasteiger partial charge is 0.388 e. The lowest BCUT2D eigenvalue weighted by Gasteiger charge is -2.43. The third kappa shape index (κ3) is 3.29. The van der Waals surface area contributed by atoms with Gasteiger partial charge in [-0.3, -0.25) is 19.2 Å². The Morgan fingerprint density at radius 2 is 2.30 bits per heavy atom. The topological polar surface area (TPSA) is 91.2 Å². The summed E-state index contributed by atoms with van der Waals surface area (Å²) in [6.45, 7) is 5.35. The van der Waals surface area contributed by atoms with Crippen LogP contribution in [0.15, 0.2) is 27.4 Å². The highest BCUT2D eigenvalue weighted by atomic mass is 32.1. The first kappa shape index (κ1) is 16.1. The second-order valence-corrected chi connectivity index (χ2v) is 7.24. The summed E-state index contributed by atoms with van der Waals surface area (Å²) in [4.78, 5) is 32.5. The molecule has 1 aliphatic rings. The highest BCUT2D eigenvalue weighted by Gasteiger charge is 2.39. The van der Waals surface area contributed by atoms with E-state index in [9.17, 15) is 14.7 Å². The Morgan fingerprint density at radius 3 is 3.00 bits per heavy atom. The van der Waals surface area contributed by atoms with E-state index in [1.54, 1.807) is 31.4 Å². The molecule has 2 atom stereocenters. The van der Waals surface area contributed by atoms with E-state index >= 15 is 0 Å². The maximum absolute atomic E-state index is 12.2. The fourth-order valence-corrected chi connectivity index (χ4v) is 3.61. The quantitative estimate of drug-likeness (QED) is 0.852. The van der Waals surface area contributed by atoms with Crippen molar-refractivity contribution < 1.29 is 5.11 Å². The number of aryl methyl sites for hydroxylation is 1. The highest BCUT2D eigenvalue weighted by Crippen LogP contribution is 2.31. The number of piperidine rings is 1.